The summed E-state index contributed by atoms with van der Waals surface area (Å²) in [7, 11) is 0. The molecule has 0 aliphatic rings. The summed E-state index contributed by atoms with van der Waals surface area (Å²) in [6.45, 7) is 5.62. The Kier molecular flexibility index (Phi) is 8.33. The van der Waals surface area contributed by atoms with Crippen LogP contribution in [0.2, 0.25) is 0 Å². The van der Waals surface area contributed by atoms with Gasteiger partial charge in [0.2, 0.25) is 0 Å². The molecule has 0 aliphatic carbocycles. The van der Waals surface area contributed by atoms with Gasteiger partial charge in [-0.2, -0.15) is 0 Å². The molecule has 2 aromatic rings. The molecule has 0 N–H and O–H groups in total. The fraction of sp³-hybridized carbons (Fsp3) is 0.333. The molecule has 0 aromatic heterocycles. The van der Waals surface area contributed by atoms with E-state index in [4.69, 9.17) is 20.5 Å². The molecule has 2 aromatic carbocycles. The number of likely N-dealkylation sites (N-methyl/N-ethyl adjacent to an activating group) is 1. The van der Waals surface area contributed by atoms with Crippen LogP contribution < -0.4 is 9.47 Å². The van der Waals surface area contributed by atoms with Gasteiger partial charge in [0.25, 0.3) is 0 Å². The van der Waals surface area contributed by atoms with Gasteiger partial charge in [0.1, 0.15) is 24.7 Å². The number of rotatable bonds is 11. The van der Waals surface area contributed by atoms with Crippen molar-refractivity contribution in [1.29, 1.82) is 0 Å². The van der Waals surface area contributed by atoms with Crippen LogP contribution in [-0.2, 0) is 0 Å². The fourth-order valence-electron chi connectivity index (χ4n) is 2.33. The van der Waals surface area contributed by atoms with Crippen LogP contribution in [0.5, 0.6) is 11.5 Å². The van der Waals surface area contributed by atoms with Crippen LogP contribution in [0.4, 0.5) is 11.4 Å². The highest BCUT2D eigenvalue weighted by Crippen LogP contribution is 2.19. The second-order valence-electron chi connectivity index (χ2n) is 5.50. The van der Waals surface area contributed by atoms with Crippen LogP contribution in [0.1, 0.15) is 6.92 Å². The van der Waals surface area contributed by atoms with Crippen LogP contribution in [0.25, 0.3) is 20.9 Å². The average Bonchev–Trinajstić information content (AvgIpc) is 2.70. The maximum absolute atomic E-state index is 8.39. The van der Waals surface area contributed by atoms with E-state index >= 15 is 0 Å². The van der Waals surface area contributed by atoms with Crippen molar-refractivity contribution < 1.29 is 9.47 Å². The minimum Gasteiger partial charge on any atom is -0.492 e. The van der Waals surface area contributed by atoms with Crippen molar-refractivity contribution in [1.82, 2.24) is 4.90 Å². The van der Waals surface area contributed by atoms with Crippen molar-refractivity contribution in [2.75, 3.05) is 32.8 Å². The summed E-state index contributed by atoms with van der Waals surface area (Å²) in [5.41, 5.74) is 17.9. The molecule has 0 saturated carbocycles. The number of nitrogens with zero attached hydrogens (tertiary/aromatic N) is 7. The van der Waals surface area contributed by atoms with Crippen molar-refractivity contribution >= 4 is 11.4 Å². The zero-order valence-electron chi connectivity index (χ0n) is 15.1. The number of hydrogen-bond acceptors (Lipinski definition) is 5. The predicted octanol–water partition coefficient (Wildman–Crippen LogP) is 5.35. The van der Waals surface area contributed by atoms with Gasteiger partial charge in [0.15, 0.2) is 0 Å². The van der Waals surface area contributed by atoms with Crippen molar-refractivity contribution in [2.24, 2.45) is 10.2 Å². The molecule has 27 heavy (non-hydrogen) atoms. The maximum Gasteiger partial charge on any atom is 0.119 e. The van der Waals surface area contributed by atoms with E-state index in [1.807, 2.05) is 0 Å². The van der Waals surface area contributed by atoms with E-state index < -0.39 is 0 Å². The molecular formula is C18H21N7O2. The van der Waals surface area contributed by atoms with Gasteiger partial charge >= 0.3 is 0 Å². The zero-order chi connectivity index (χ0) is 19.3. The van der Waals surface area contributed by atoms with Gasteiger partial charge in [-0.15, -0.1) is 0 Å². The molecule has 9 nitrogen and oxygen atoms in total. The molecule has 9 heteroatoms. The van der Waals surface area contributed by atoms with Gasteiger partial charge in [-0.25, -0.2) is 0 Å². The lowest BCUT2D eigenvalue weighted by molar-refractivity contribution is 0.182. The Bertz CT molecular complexity index is 728. The lowest BCUT2D eigenvalue weighted by atomic mass is 10.3. The van der Waals surface area contributed by atoms with E-state index in [0.717, 1.165) is 31.1 Å². The first kappa shape index (κ1) is 19.9. The topological polar surface area (TPSA) is 119 Å². The van der Waals surface area contributed by atoms with Gasteiger partial charge in [-0.05, 0) is 66.1 Å². The Morgan fingerprint density at radius 1 is 0.778 bits per heavy atom. The highest BCUT2D eigenvalue weighted by Gasteiger charge is 2.04. The van der Waals surface area contributed by atoms with Gasteiger partial charge in [0, 0.05) is 34.3 Å². The summed E-state index contributed by atoms with van der Waals surface area (Å²) in [6, 6.07) is 14.0. The highest BCUT2D eigenvalue weighted by atomic mass is 16.5. The van der Waals surface area contributed by atoms with Crippen LogP contribution in [0.15, 0.2) is 58.8 Å². The van der Waals surface area contributed by atoms with E-state index in [9.17, 15) is 0 Å². The number of hydrogen-bond donors (Lipinski definition) is 0. The number of ether oxygens (including phenoxy) is 2. The summed E-state index contributed by atoms with van der Waals surface area (Å²) in [6.07, 6.45) is 0. The molecule has 0 unspecified atom stereocenters. The largest absolute Gasteiger partial charge is 0.492 e. The molecule has 0 spiro atoms. The van der Waals surface area contributed by atoms with Crippen molar-refractivity contribution in [3.63, 3.8) is 0 Å². The standard InChI is InChI=1S/C18H21N7O2/c1-2-25(11-13-26-17-7-3-15(4-8-17)21-23-19)12-14-27-18-9-5-16(6-10-18)22-24-20/h3-10H,2,11-14H2,1H3. The Hall–Kier alpha value is -3.38. The van der Waals surface area contributed by atoms with Crippen LogP contribution in [0, 0.1) is 0 Å². The normalized spacial score (nSPS) is 10.0. The Morgan fingerprint density at radius 3 is 1.52 bits per heavy atom. The van der Waals surface area contributed by atoms with Gasteiger partial charge < -0.3 is 9.47 Å². The Morgan fingerprint density at radius 2 is 1.19 bits per heavy atom. The minimum atomic E-state index is 0.551. The molecular weight excluding hydrogens is 346 g/mol. The van der Waals surface area contributed by atoms with Gasteiger partial charge in [0.05, 0.1) is 0 Å². The molecule has 0 aliphatic heterocycles. The third-order valence-electron chi connectivity index (χ3n) is 3.79. The first-order valence-corrected chi connectivity index (χ1v) is 8.53. The third kappa shape index (κ3) is 7.17. The van der Waals surface area contributed by atoms with E-state index in [-0.39, 0.29) is 0 Å². The predicted molar refractivity (Wildman–Crippen MR) is 104 cm³/mol. The first-order valence-electron chi connectivity index (χ1n) is 8.53. The number of benzene rings is 2. The SMILES string of the molecule is CCN(CCOc1ccc(N=[N+]=[N-])cc1)CCOc1ccc(N=[N+]=[N-])cc1. The summed E-state index contributed by atoms with van der Waals surface area (Å²) in [5, 5.41) is 7.05. The van der Waals surface area contributed by atoms with Gasteiger partial charge in [-0.3, -0.25) is 4.90 Å². The van der Waals surface area contributed by atoms with E-state index in [1.54, 1.807) is 48.5 Å². The second kappa shape index (κ2) is 11.3. The Labute approximate surface area is 157 Å². The fourth-order valence-corrected chi connectivity index (χ4v) is 2.33. The quantitative estimate of drug-likeness (QED) is 0.302. The monoisotopic (exact) mass is 367 g/mol. The number of azide groups is 2. The van der Waals surface area contributed by atoms with Crippen LogP contribution in [0.3, 0.4) is 0 Å². The Balaban J connectivity index is 1.70. The zero-order valence-corrected chi connectivity index (χ0v) is 15.1. The summed E-state index contributed by atoms with van der Waals surface area (Å²) in [5.74, 6) is 1.47. The van der Waals surface area contributed by atoms with Gasteiger partial charge in [-0.1, -0.05) is 17.2 Å². The van der Waals surface area contributed by atoms with E-state index in [1.165, 1.54) is 0 Å². The smallest absolute Gasteiger partial charge is 0.119 e. The summed E-state index contributed by atoms with van der Waals surface area (Å²) < 4.78 is 11.4. The summed E-state index contributed by atoms with van der Waals surface area (Å²) >= 11 is 0. The van der Waals surface area contributed by atoms with Crippen molar-refractivity contribution in [3.05, 3.63) is 69.4 Å². The first-order chi connectivity index (χ1) is 13.2. The molecule has 0 saturated heterocycles. The van der Waals surface area contributed by atoms with E-state index in [0.29, 0.717) is 24.6 Å². The maximum atomic E-state index is 8.39. The molecule has 0 heterocycles. The van der Waals surface area contributed by atoms with Crippen LogP contribution >= 0.6 is 0 Å². The highest BCUT2D eigenvalue weighted by molar-refractivity contribution is 5.41. The van der Waals surface area contributed by atoms with Crippen molar-refractivity contribution in [2.45, 2.75) is 6.92 Å². The molecule has 140 valence electrons. The molecule has 0 bridgehead atoms. The molecule has 0 amide bonds. The molecule has 0 fully saturated rings. The lowest BCUT2D eigenvalue weighted by Gasteiger charge is -2.20. The summed E-state index contributed by atoms with van der Waals surface area (Å²) in [4.78, 5) is 7.71. The second-order valence-corrected chi connectivity index (χ2v) is 5.50. The van der Waals surface area contributed by atoms with E-state index in [2.05, 4.69) is 31.9 Å². The molecule has 0 radical (unpaired) electrons. The molecule has 0 atom stereocenters. The average molecular weight is 367 g/mol. The van der Waals surface area contributed by atoms with Crippen molar-refractivity contribution in [3.8, 4) is 11.5 Å². The minimum absolute atomic E-state index is 0.551. The lowest BCUT2D eigenvalue weighted by Crippen LogP contribution is -2.32. The molecule has 2 rings (SSSR count). The third-order valence-corrected chi connectivity index (χ3v) is 3.79. The van der Waals surface area contributed by atoms with Crippen LogP contribution in [-0.4, -0.2) is 37.7 Å².